The average Bonchev–Trinajstić information content (AvgIpc) is 3.03. The first kappa shape index (κ1) is 33.6. The zero-order valence-electron chi connectivity index (χ0n) is 26.1. The van der Waals surface area contributed by atoms with Crippen molar-refractivity contribution in [2.24, 2.45) is 11.8 Å². The normalized spacial score (nSPS) is 15.0. The summed E-state index contributed by atoms with van der Waals surface area (Å²) in [5, 5.41) is 0. The van der Waals surface area contributed by atoms with E-state index < -0.39 is 36.0 Å². The highest BCUT2D eigenvalue weighted by Crippen LogP contribution is 2.36. The zero-order chi connectivity index (χ0) is 34.2. The number of hydrogen-bond acceptors (Lipinski definition) is 8. The van der Waals surface area contributed by atoms with Crippen LogP contribution in [0.5, 0.6) is 23.0 Å². The molecule has 12 heteroatoms. The first-order valence-electron chi connectivity index (χ1n) is 15.0. The van der Waals surface area contributed by atoms with Crippen molar-refractivity contribution in [1.29, 1.82) is 0 Å². The molecule has 2 amide bonds. The van der Waals surface area contributed by atoms with E-state index in [2.05, 4.69) is 0 Å². The third-order valence-corrected chi connectivity index (χ3v) is 7.61. The number of ether oxygens (including phenoxy) is 4. The summed E-state index contributed by atoms with van der Waals surface area (Å²) in [6, 6.07) is 24.8. The van der Waals surface area contributed by atoms with Gasteiger partial charge in [-0.25, -0.2) is 18.4 Å². The van der Waals surface area contributed by atoms with Crippen LogP contribution in [0, 0.1) is 23.5 Å². The number of amides is 2. The lowest BCUT2D eigenvalue weighted by Gasteiger charge is -2.32. The van der Waals surface area contributed by atoms with Gasteiger partial charge in [0.1, 0.15) is 34.6 Å². The monoisotopic (exact) mass is 658 g/mol. The molecule has 4 aromatic rings. The molecule has 2 unspecified atom stereocenters. The smallest absolute Gasteiger partial charge is 0.417 e. The van der Waals surface area contributed by atoms with Crippen molar-refractivity contribution in [3.8, 4) is 23.0 Å². The van der Waals surface area contributed by atoms with Gasteiger partial charge in [-0.1, -0.05) is 24.3 Å². The van der Waals surface area contributed by atoms with Crippen LogP contribution in [0.15, 0.2) is 97.1 Å². The van der Waals surface area contributed by atoms with Crippen molar-refractivity contribution in [3.05, 3.63) is 120 Å². The largest absolute Gasteiger partial charge is 0.457 e. The van der Waals surface area contributed by atoms with Gasteiger partial charge in [0.05, 0.1) is 11.8 Å². The highest BCUT2D eigenvalue weighted by molar-refractivity contribution is 5.93. The standard InChI is InChI=1S/C36H32F2N2O8/c1-39(21-23-5-3-7-29(19-23)45-27-13-9-25(37)10-14-27)35(43)47-33(41)31-17-18-32(31)34(42)48-36(44)40(2)22-24-6-4-8-30(20-24)46-28-15-11-26(38)12-16-28/h3-16,19-20,31-32H,17-18,21-22H2,1-2H3. The topological polar surface area (TPSA) is 112 Å². The lowest BCUT2D eigenvalue weighted by Crippen LogP contribution is -2.43. The Morgan fingerprint density at radius 1 is 0.583 bits per heavy atom. The van der Waals surface area contributed by atoms with Crippen molar-refractivity contribution >= 4 is 24.1 Å². The molecule has 0 saturated heterocycles. The Hall–Kier alpha value is -5.78. The number of carbonyl (C=O) groups is 4. The molecule has 0 aliphatic heterocycles. The van der Waals surface area contributed by atoms with Crippen LogP contribution in [0.4, 0.5) is 18.4 Å². The number of benzene rings is 4. The van der Waals surface area contributed by atoms with Gasteiger partial charge in [0.15, 0.2) is 0 Å². The molecule has 0 radical (unpaired) electrons. The summed E-state index contributed by atoms with van der Waals surface area (Å²) in [5.41, 5.74) is 1.36. The molecule has 5 rings (SSSR count). The Bertz CT molecular complexity index is 1650. The van der Waals surface area contributed by atoms with Crippen LogP contribution in [0.25, 0.3) is 0 Å². The Morgan fingerprint density at radius 3 is 1.31 bits per heavy atom. The molecule has 0 bridgehead atoms. The first-order chi connectivity index (χ1) is 23.0. The van der Waals surface area contributed by atoms with E-state index in [4.69, 9.17) is 18.9 Å². The van der Waals surface area contributed by atoms with E-state index in [1.54, 1.807) is 48.5 Å². The molecule has 10 nitrogen and oxygen atoms in total. The molecule has 0 spiro atoms. The molecule has 48 heavy (non-hydrogen) atoms. The quantitative estimate of drug-likeness (QED) is 0.128. The molecular formula is C36H32F2N2O8. The number of esters is 2. The number of carbonyl (C=O) groups excluding carboxylic acids is 4. The molecule has 1 saturated carbocycles. The predicted molar refractivity (Wildman–Crippen MR) is 168 cm³/mol. The van der Waals surface area contributed by atoms with Gasteiger partial charge in [-0.15, -0.1) is 0 Å². The second kappa shape index (κ2) is 15.2. The van der Waals surface area contributed by atoms with E-state index in [0.29, 0.717) is 47.0 Å². The molecule has 1 aliphatic carbocycles. The van der Waals surface area contributed by atoms with Crippen LogP contribution in [0.3, 0.4) is 0 Å². The number of hydrogen-bond donors (Lipinski definition) is 0. The third-order valence-electron chi connectivity index (χ3n) is 7.61. The molecule has 1 aliphatic rings. The minimum atomic E-state index is -0.930. The molecule has 0 heterocycles. The number of halogens is 2. The van der Waals surface area contributed by atoms with Gasteiger partial charge < -0.3 is 28.7 Å². The van der Waals surface area contributed by atoms with Gasteiger partial charge in [-0.05, 0) is 96.8 Å². The minimum Gasteiger partial charge on any atom is -0.457 e. The molecular weight excluding hydrogens is 626 g/mol. The van der Waals surface area contributed by atoms with Crippen LogP contribution in [-0.4, -0.2) is 48.0 Å². The van der Waals surface area contributed by atoms with Gasteiger partial charge in [-0.3, -0.25) is 9.59 Å². The van der Waals surface area contributed by atoms with Crippen molar-refractivity contribution in [3.63, 3.8) is 0 Å². The lowest BCUT2D eigenvalue weighted by atomic mass is 9.74. The van der Waals surface area contributed by atoms with E-state index in [1.165, 1.54) is 72.4 Å². The predicted octanol–water partition coefficient (Wildman–Crippen LogP) is 7.47. The summed E-state index contributed by atoms with van der Waals surface area (Å²) in [7, 11) is 2.91. The van der Waals surface area contributed by atoms with Crippen molar-refractivity contribution in [2.75, 3.05) is 14.1 Å². The summed E-state index contributed by atoms with van der Waals surface area (Å²) in [6.45, 7) is 0.177. The molecule has 2 atom stereocenters. The summed E-state index contributed by atoms with van der Waals surface area (Å²) in [5.74, 6) is -2.58. The number of rotatable bonds is 10. The Labute approximate surface area is 275 Å². The van der Waals surface area contributed by atoms with E-state index >= 15 is 0 Å². The summed E-state index contributed by atoms with van der Waals surface area (Å²) in [4.78, 5) is 53.3. The van der Waals surface area contributed by atoms with Crippen LogP contribution >= 0.6 is 0 Å². The summed E-state index contributed by atoms with van der Waals surface area (Å²) >= 11 is 0. The fraction of sp³-hybridized carbons (Fsp3) is 0.222. The van der Waals surface area contributed by atoms with Crippen LogP contribution in [-0.2, 0) is 32.2 Å². The van der Waals surface area contributed by atoms with Crippen molar-refractivity contribution < 1.29 is 46.9 Å². The van der Waals surface area contributed by atoms with E-state index in [0.717, 1.165) is 0 Å². The van der Waals surface area contributed by atoms with Gasteiger partial charge in [0.25, 0.3) is 0 Å². The summed E-state index contributed by atoms with van der Waals surface area (Å²) < 4.78 is 47.9. The van der Waals surface area contributed by atoms with Crippen LogP contribution in [0.2, 0.25) is 0 Å². The van der Waals surface area contributed by atoms with E-state index in [1.807, 2.05) is 0 Å². The Balaban J connectivity index is 1.08. The van der Waals surface area contributed by atoms with Gasteiger partial charge in [0, 0.05) is 27.2 Å². The third kappa shape index (κ3) is 8.93. The maximum absolute atomic E-state index is 13.2. The fourth-order valence-electron chi connectivity index (χ4n) is 4.91. The second-order valence-electron chi connectivity index (χ2n) is 11.3. The molecule has 4 aromatic carbocycles. The van der Waals surface area contributed by atoms with Crippen molar-refractivity contribution in [2.45, 2.75) is 25.9 Å². The highest BCUT2D eigenvalue weighted by Gasteiger charge is 2.45. The minimum absolute atomic E-state index is 0.0883. The first-order valence-corrected chi connectivity index (χ1v) is 15.0. The molecule has 248 valence electrons. The van der Waals surface area contributed by atoms with Gasteiger partial charge in [0.2, 0.25) is 0 Å². The van der Waals surface area contributed by atoms with E-state index in [9.17, 15) is 28.0 Å². The van der Waals surface area contributed by atoms with Gasteiger partial charge in [-0.2, -0.15) is 0 Å². The molecule has 0 aromatic heterocycles. The van der Waals surface area contributed by atoms with Crippen LogP contribution in [0.1, 0.15) is 24.0 Å². The highest BCUT2D eigenvalue weighted by atomic mass is 19.1. The maximum Gasteiger partial charge on any atom is 0.417 e. The molecule has 1 fully saturated rings. The number of nitrogens with zero attached hydrogens (tertiary/aromatic N) is 2. The SMILES string of the molecule is CN(Cc1cccc(Oc2ccc(F)cc2)c1)C(=O)OC(=O)C1CCC1C(=O)OC(=O)N(C)Cc1cccc(Oc2ccc(F)cc2)c1. The molecule has 0 N–H and O–H groups in total. The Morgan fingerprint density at radius 2 is 0.958 bits per heavy atom. The van der Waals surface area contributed by atoms with Gasteiger partial charge >= 0.3 is 24.1 Å². The Kier molecular flexibility index (Phi) is 10.6. The zero-order valence-corrected chi connectivity index (χ0v) is 26.1. The fourth-order valence-corrected chi connectivity index (χ4v) is 4.91. The van der Waals surface area contributed by atoms with Crippen LogP contribution < -0.4 is 9.47 Å². The lowest BCUT2D eigenvalue weighted by molar-refractivity contribution is -0.161. The average molecular weight is 659 g/mol. The maximum atomic E-state index is 13.2. The van der Waals surface area contributed by atoms with Crippen molar-refractivity contribution in [1.82, 2.24) is 9.80 Å². The van der Waals surface area contributed by atoms with E-state index in [-0.39, 0.29) is 24.7 Å². The second-order valence-corrected chi connectivity index (χ2v) is 11.3. The summed E-state index contributed by atoms with van der Waals surface area (Å²) in [6.07, 6.45) is -1.23.